The van der Waals surface area contributed by atoms with Crippen molar-refractivity contribution >= 4 is 13.7 Å². The van der Waals surface area contributed by atoms with Crippen LogP contribution in [0.4, 0.5) is 0 Å². The summed E-state index contributed by atoms with van der Waals surface area (Å²) in [5.74, 6) is -0.190. The van der Waals surface area contributed by atoms with E-state index >= 15 is 0 Å². The van der Waals surface area contributed by atoms with E-state index in [1.54, 1.807) is 6.08 Å². The normalized spacial score (nSPS) is 13.9. The largest absolute Gasteiger partial charge is 0.756 e. The maximum absolute atomic E-state index is 13.0. The molecule has 0 aromatic carbocycles. The fourth-order valence-electron chi connectivity index (χ4n) is 9.27. The van der Waals surface area contributed by atoms with E-state index in [4.69, 9.17) is 9.05 Å². The van der Waals surface area contributed by atoms with Crippen LogP contribution in [0.5, 0.6) is 0 Å². The number of phosphoric acid groups is 1. The summed E-state index contributed by atoms with van der Waals surface area (Å²) in [6.07, 6.45) is 63.0. The highest BCUT2D eigenvalue weighted by molar-refractivity contribution is 7.45. The van der Waals surface area contributed by atoms with E-state index in [1.165, 1.54) is 250 Å². The summed E-state index contributed by atoms with van der Waals surface area (Å²) < 4.78 is 23.4. The Morgan fingerprint density at radius 1 is 0.500 bits per heavy atom. The van der Waals surface area contributed by atoms with Crippen LogP contribution < -0.4 is 10.2 Å². The zero-order valence-corrected chi connectivity index (χ0v) is 47.2. The number of amides is 1. The van der Waals surface area contributed by atoms with Crippen molar-refractivity contribution in [1.29, 1.82) is 0 Å². The minimum Gasteiger partial charge on any atom is -0.756 e. The Hall–Kier alpha value is -0.760. The first-order chi connectivity index (χ1) is 33.0. The van der Waals surface area contributed by atoms with Gasteiger partial charge in [0.05, 0.1) is 39.9 Å². The quantitative estimate of drug-likeness (QED) is 0.0272. The molecule has 9 heteroatoms. The molecule has 0 heterocycles. The van der Waals surface area contributed by atoms with Gasteiger partial charge in [0.1, 0.15) is 13.2 Å². The van der Waals surface area contributed by atoms with Crippen molar-refractivity contribution in [3.63, 3.8) is 0 Å². The molecule has 0 aliphatic rings. The summed E-state index contributed by atoms with van der Waals surface area (Å²) in [5, 5.41) is 13.9. The molecule has 68 heavy (non-hydrogen) atoms. The number of hydrogen-bond donors (Lipinski definition) is 2. The fourth-order valence-corrected chi connectivity index (χ4v) is 10.00. The van der Waals surface area contributed by atoms with E-state index in [0.717, 1.165) is 38.5 Å². The van der Waals surface area contributed by atoms with Crippen LogP contribution in [0.15, 0.2) is 12.2 Å². The molecule has 8 nitrogen and oxygen atoms in total. The summed E-state index contributed by atoms with van der Waals surface area (Å²) in [7, 11) is 1.28. The highest BCUT2D eigenvalue weighted by atomic mass is 31.2. The molecule has 0 fully saturated rings. The van der Waals surface area contributed by atoms with Gasteiger partial charge in [-0.3, -0.25) is 9.36 Å². The number of phosphoric ester groups is 1. The molecule has 0 saturated heterocycles. The first-order valence-corrected chi connectivity index (χ1v) is 31.5. The van der Waals surface area contributed by atoms with Gasteiger partial charge in [0, 0.05) is 6.42 Å². The lowest BCUT2D eigenvalue weighted by Crippen LogP contribution is -2.45. The zero-order valence-electron chi connectivity index (χ0n) is 46.3. The van der Waals surface area contributed by atoms with Gasteiger partial charge in [0.15, 0.2) is 0 Å². The molecule has 1 amide bonds. The Morgan fingerprint density at radius 3 is 1.10 bits per heavy atom. The highest BCUT2D eigenvalue weighted by Gasteiger charge is 2.23. The molecule has 0 saturated carbocycles. The number of unbranched alkanes of at least 4 members (excludes halogenated alkanes) is 43. The van der Waals surface area contributed by atoms with Crippen molar-refractivity contribution in [2.24, 2.45) is 0 Å². The number of aliphatic hydroxyl groups is 1. The van der Waals surface area contributed by atoms with Gasteiger partial charge >= 0.3 is 0 Å². The molecule has 3 atom stereocenters. The van der Waals surface area contributed by atoms with Crippen LogP contribution in [-0.2, 0) is 18.4 Å². The lowest BCUT2D eigenvalue weighted by molar-refractivity contribution is -0.870. The summed E-state index contributed by atoms with van der Waals surface area (Å²) in [5.41, 5.74) is 0. The topological polar surface area (TPSA) is 108 Å². The number of nitrogens with one attached hydrogen (secondary N) is 1. The number of quaternary nitrogens is 1. The molecule has 0 radical (unpaired) electrons. The van der Waals surface area contributed by atoms with Crippen LogP contribution >= 0.6 is 7.82 Å². The summed E-state index contributed by atoms with van der Waals surface area (Å²) >= 11 is 0. The Balaban J connectivity index is 4.07. The molecule has 1 unspecified atom stereocenters. The van der Waals surface area contributed by atoms with Gasteiger partial charge in [0.2, 0.25) is 5.91 Å². The van der Waals surface area contributed by atoms with Crippen molar-refractivity contribution in [3.8, 4) is 0 Å². The van der Waals surface area contributed by atoms with E-state index in [-0.39, 0.29) is 19.1 Å². The number of hydrogen-bond acceptors (Lipinski definition) is 6. The van der Waals surface area contributed by atoms with Gasteiger partial charge in [-0.05, 0) is 19.3 Å². The van der Waals surface area contributed by atoms with Crippen LogP contribution in [0.3, 0.4) is 0 Å². The highest BCUT2D eigenvalue weighted by Crippen LogP contribution is 2.38. The predicted octanol–water partition coefficient (Wildman–Crippen LogP) is 17.6. The van der Waals surface area contributed by atoms with E-state index in [0.29, 0.717) is 17.4 Å². The summed E-state index contributed by atoms with van der Waals surface area (Å²) in [6.45, 7) is 4.70. The molecule has 0 aromatic heterocycles. The van der Waals surface area contributed by atoms with Gasteiger partial charge in [-0.15, -0.1) is 0 Å². The molecule has 0 aliphatic heterocycles. The molecule has 0 rings (SSSR count). The second kappa shape index (κ2) is 51.2. The van der Waals surface area contributed by atoms with E-state index in [9.17, 15) is 19.4 Å². The molecular weight excluding hydrogens is 864 g/mol. The first kappa shape index (κ1) is 67.2. The minimum absolute atomic E-state index is 0.00266. The monoisotopic (exact) mass is 983 g/mol. The molecular formula is C59H119N2O6P. The van der Waals surface area contributed by atoms with Gasteiger partial charge in [0.25, 0.3) is 7.82 Å². The van der Waals surface area contributed by atoms with Crippen molar-refractivity contribution in [1.82, 2.24) is 5.32 Å². The van der Waals surface area contributed by atoms with Crippen molar-refractivity contribution < 1.29 is 32.9 Å². The second-order valence-corrected chi connectivity index (χ2v) is 23.5. The molecule has 0 spiro atoms. The maximum atomic E-state index is 13.0. The Kier molecular flexibility index (Phi) is 50.6. The van der Waals surface area contributed by atoms with Crippen LogP contribution in [-0.4, -0.2) is 68.5 Å². The number of allylic oxidation sites excluding steroid dienone is 1. The number of aliphatic hydroxyl groups excluding tert-OH is 1. The van der Waals surface area contributed by atoms with E-state index < -0.39 is 20.0 Å². The fraction of sp³-hybridized carbons (Fsp3) is 0.949. The predicted molar refractivity (Wildman–Crippen MR) is 293 cm³/mol. The van der Waals surface area contributed by atoms with Crippen molar-refractivity contribution in [2.75, 3.05) is 40.9 Å². The lowest BCUT2D eigenvalue weighted by Gasteiger charge is -2.29. The van der Waals surface area contributed by atoms with Crippen molar-refractivity contribution in [3.05, 3.63) is 12.2 Å². The van der Waals surface area contributed by atoms with Gasteiger partial charge in [-0.2, -0.15) is 0 Å². The average molecular weight is 984 g/mol. The lowest BCUT2D eigenvalue weighted by atomic mass is 10.0. The van der Waals surface area contributed by atoms with Crippen LogP contribution in [0.2, 0.25) is 0 Å². The standard InChI is InChI=1S/C59H119N2O6P/c1-6-8-10-12-14-16-18-20-22-24-25-26-27-28-29-30-31-32-33-34-35-37-39-41-43-45-47-49-51-53-59(63)60-57(56-67-68(64,65)66-55-54-61(3,4)5)58(62)52-50-48-46-44-42-40-38-36-23-21-19-17-15-13-11-9-7-2/h50,52,57-58,62H,6-49,51,53-56H2,1-5H3,(H-,60,63,64,65)/b52-50+/t57-,58+/m0/s1. The third kappa shape index (κ3) is 53.0. The number of likely N-dealkylation sites (N-methyl/N-ethyl adjacent to an activating group) is 1. The van der Waals surface area contributed by atoms with Crippen LogP contribution in [0.25, 0.3) is 0 Å². The van der Waals surface area contributed by atoms with Gasteiger partial charge in [-0.25, -0.2) is 0 Å². The Morgan fingerprint density at radius 2 is 0.794 bits per heavy atom. The molecule has 2 N–H and O–H groups in total. The smallest absolute Gasteiger partial charge is 0.268 e. The molecule has 406 valence electrons. The van der Waals surface area contributed by atoms with Crippen LogP contribution in [0, 0.1) is 0 Å². The zero-order chi connectivity index (χ0) is 49.9. The van der Waals surface area contributed by atoms with Gasteiger partial charge in [-0.1, -0.05) is 296 Å². The minimum atomic E-state index is -4.59. The number of carbonyl (C=O) groups excluding carboxylic acids is 1. The van der Waals surface area contributed by atoms with E-state index in [2.05, 4.69) is 19.2 Å². The molecule has 0 aliphatic carbocycles. The number of rotatable bonds is 56. The number of carbonyl (C=O) groups is 1. The van der Waals surface area contributed by atoms with E-state index in [1.807, 2.05) is 27.2 Å². The second-order valence-electron chi connectivity index (χ2n) is 22.1. The third-order valence-electron chi connectivity index (χ3n) is 14.0. The maximum Gasteiger partial charge on any atom is 0.268 e. The molecule has 0 bridgehead atoms. The SMILES string of the molecule is CCCCCCCCCCCCCCCCC/C=C/[C@@H](O)[C@H](COP(=O)([O-])OCC[N+](C)(C)C)NC(=O)CCCCCCCCCCCCCCCCCCCCCCCCCCCCCCC. The molecule has 0 aromatic rings. The van der Waals surface area contributed by atoms with Crippen molar-refractivity contribution in [2.45, 2.75) is 321 Å². The Bertz CT molecular complexity index is 1120. The summed E-state index contributed by atoms with van der Waals surface area (Å²) in [6, 6.07) is -0.882. The summed E-state index contributed by atoms with van der Waals surface area (Å²) in [4.78, 5) is 25.5. The first-order valence-electron chi connectivity index (χ1n) is 30.1. The van der Waals surface area contributed by atoms with Gasteiger partial charge < -0.3 is 28.8 Å². The Labute approximate surface area is 424 Å². The number of nitrogens with zero attached hydrogens (tertiary/aromatic N) is 1. The third-order valence-corrected chi connectivity index (χ3v) is 15.0. The van der Waals surface area contributed by atoms with Crippen LogP contribution in [0.1, 0.15) is 309 Å². The average Bonchev–Trinajstić information content (AvgIpc) is 3.30.